The Morgan fingerprint density at radius 2 is 1.73 bits per heavy atom. The maximum Gasteiger partial charge on any atom is 0.254 e. The van der Waals surface area contributed by atoms with Crippen LogP contribution in [0.4, 0.5) is 0 Å². The fraction of sp³-hybridized carbons (Fsp3) is 0.417. The highest BCUT2D eigenvalue weighted by molar-refractivity contribution is 5.95. The summed E-state index contributed by atoms with van der Waals surface area (Å²) in [6, 6.07) is 13.4. The molecule has 2 amide bonds. The summed E-state index contributed by atoms with van der Waals surface area (Å²) in [4.78, 5) is 27.1. The maximum atomic E-state index is 12.7. The van der Waals surface area contributed by atoms with E-state index in [9.17, 15) is 9.59 Å². The number of carbonyl (C=O) groups excluding carboxylic acids is 2. The topological polar surface area (TPSA) is 67.9 Å². The van der Waals surface area contributed by atoms with E-state index in [4.69, 9.17) is 9.47 Å². The summed E-state index contributed by atoms with van der Waals surface area (Å²) in [7, 11) is 3.22. The van der Waals surface area contributed by atoms with Gasteiger partial charge in [0.15, 0.2) is 11.5 Å². The number of nitrogens with one attached hydrogen (secondary N) is 1. The molecule has 2 aromatic rings. The van der Waals surface area contributed by atoms with Crippen LogP contribution in [0.15, 0.2) is 42.5 Å². The molecule has 1 fully saturated rings. The second-order valence-corrected chi connectivity index (χ2v) is 7.61. The number of carbonyl (C=O) groups is 2. The number of benzene rings is 2. The number of hydrogen-bond donors (Lipinski definition) is 1. The number of rotatable bonds is 7. The molecule has 0 aliphatic carbocycles. The lowest BCUT2D eigenvalue weighted by atomic mass is 9.95. The molecule has 0 atom stereocenters. The highest BCUT2D eigenvalue weighted by Gasteiger charge is 2.28. The number of likely N-dealkylation sites (tertiary alicyclic amines) is 1. The largest absolute Gasteiger partial charge is 0.493 e. The van der Waals surface area contributed by atoms with Gasteiger partial charge in [-0.3, -0.25) is 9.59 Å². The Labute approximate surface area is 178 Å². The molecular weight excluding hydrogens is 380 g/mol. The van der Waals surface area contributed by atoms with E-state index in [1.54, 1.807) is 14.2 Å². The number of aryl methyl sites for hydroxylation is 1. The van der Waals surface area contributed by atoms with Crippen LogP contribution in [0.3, 0.4) is 0 Å². The van der Waals surface area contributed by atoms with Gasteiger partial charge in [0.2, 0.25) is 5.91 Å². The van der Waals surface area contributed by atoms with Gasteiger partial charge in [-0.1, -0.05) is 24.3 Å². The number of amides is 2. The summed E-state index contributed by atoms with van der Waals surface area (Å²) in [6.45, 7) is 3.74. The Kier molecular flexibility index (Phi) is 7.33. The van der Waals surface area contributed by atoms with Crippen molar-refractivity contribution in [3.05, 3.63) is 59.2 Å². The highest BCUT2D eigenvalue weighted by Crippen LogP contribution is 2.27. The third-order valence-corrected chi connectivity index (χ3v) is 5.69. The standard InChI is InChI=1S/C24H30N2O4/c1-17-6-4-5-7-20(17)24(28)26-14-11-19(12-15-26)23(27)25-13-10-18-8-9-21(29-2)22(16-18)30-3/h4-9,16,19H,10-15H2,1-3H3,(H,25,27). The normalized spacial score (nSPS) is 14.3. The summed E-state index contributed by atoms with van der Waals surface area (Å²) >= 11 is 0. The molecule has 0 unspecified atom stereocenters. The molecule has 0 saturated carbocycles. The van der Waals surface area contributed by atoms with E-state index >= 15 is 0 Å². The Morgan fingerprint density at radius 3 is 2.40 bits per heavy atom. The second kappa shape index (κ2) is 10.1. The monoisotopic (exact) mass is 410 g/mol. The summed E-state index contributed by atoms with van der Waals surface area (Å²) in [5, 5.41) is 3.04. The molecule has 160 valence electrons. The predicted molar refractivity (Wildman–Crippen MR) is 116 cm³/mol. The van der Waals surface area contributed by atoms with Gasteiger partial charge >= 0.3 is 0 Å². The summed E-state index contributed by atoms with van der Waals surface area (Å²) in [5.41, 5.74) is 2.81. The van der Waals surface area contributed by atoms with Crippen molar-refractivity contribution in [1.29, 1.82) is 0 Å². The molecule has 3 rings (SSSR count). The number of ether oxygens (including phenoxy) is 2. The second-order valence-electron chi connectivity index (χ2n) is 7.61. The van der Waals surface area contributed by atoms with E-state index in [0.717, 1.165) is 23.1 Å². The van der Waals surface area contributed by atoms with Crippen molar-refractivity contribution >= 4 is 11.8 Å². The number of hydrogen-bond acceptors (Lipinski definition) is 4. The minimum absolute atomic E-state index is 0.0451. The summed E-state index contributed by atoms with van der Waals surface area (Å²) in [6.07, 6.45) is 2.11. The summed E-state index contributed by atoms with van der Waals surface area (Å²) < 4.78 is 10.6. The molecule has 1 aliphatic heterocycles. The van der Waals surface area contributed by atoms with Crippen molar-refractivity contribution in [2.45, 2.75) is 26.2 Å². The molecule has 1 heterocycles. The van der Waals surface area contributed by atoms with E-state index < -0.39 is 0 Å². The van der Waals surface area contributed by atoms with Crippen molar-refractivity contribution in [3.8, 4) is 11.5 Å². The number of nitrogens with zero attached hydrogens (tertiary/aromatic N) is 1. The Hall–Kier alpha value is -3.02. The van der Waals surface area contributed by atoms with Crippen LogP contribution in [0.5, 0.6) is 11.5 Å². The quantitative estimate of drug-likeness (QED) is 0.761. The van der Waals surface area contributed by atoms with Crippen molar-refractivity contribution in [2.24, 2.45) is 5.92 Å². The van der Waals surface area contributed by atoms with Crippen LogP contribution in [-0.2, 0) is 11.2 Å². The Morgan fingerprint density at radius 1 is 1.03 bits per heavy atom. The molecule has 0 bridgehead atoms. The molecule has 0 aromatic heterocycles. The van der Waals surface area contributed by atoms with Crippen molar-refractivity contribution in [2.75, 3.05) is 33.9 Å². The Balaban J connectivity index is 1.45. The lowest BCUT2D eigenvalue weighted by Gasteiger charge is -2.31. The first-order valence-electron chi connectivity index (χ1n) is 10.4. The Bertz CT molecular complexity index is 889. The van der Waals surface area contributed by atoms with Crippen LogP contribution in [0, 0.1) is 12.8 Å². The van der Waals surface area contributed by atoms with E-state index in [1.165, 1.54) is 0 Å². The van der Waals surface area contributed by atoms with Gasteiger partial charge in [-0.15, -0.1) is 0 Å². The van der Waals surface area contributed by atoms with Gasteiger partial charge in [0, 0.05) is 31.1 Å². The van der Waals surface area contributed by atoms with Crippen LogP contribution in [0.1, 0.15) is 34.3 Å². The molecule has 1 saturated heterocycles. The predicted octanol–water partition coefficient (Wildman–Crippen LogP) is 3.22. The van der Waals surface area contributed by atoms with Crippen LogP contribution in [0.2, 0.25) is 0 Å². The summed E-state index contributed by atoms with van der Waals surface area (Å²) in [5.74, 6) is 1.46. The molecular formula is C24H30N2O4. The van der Waals surface area contributed by atoms with Gasteiger partial charge in [-0.05, 0) is 55.5 Å². The van der Waals surface area contributed by atoms with Crippen molar-refractivity contribution < 1.29 is 19.1 Å². The average Bonchev–Trinajstić information content (AvgIpc) is 2.78. The molecule has 30 heavy (non-hydrogen) atoms. The number of piperidine rings is 1. The minimum Gasteiger partial charge on any atom is -0.493 e. The van der Waals surface area contributed by atoms with E-state index in [0.29, 0.717) is 44.0 Å². The fourth-order valence-electron chi connectivity index (χ4n) is 3.84. The zero-order valence-electron chi connectivity index (χ0n) is 17.9. The smallest absolute Gasteiger partial charge is 0.254 e. The lowest BCUT2D eigenvalue weighted by Crippen LogP contribution is -2.43. The molecule has 2 aromatic carbocycles. The van der Waals surface area contributed by atoms with Crippen molar-refractivity contribution in [3.63, 3.8) is 0 Å². The van der Waals surface area contributed by atoms with E-state index in [-0.39, 0.29) is 17.7 Å². The van der Waals surface area contributed by atoms with Crippen LogP contribution < -0.4 is 14.8 Å². The zero-order chi connectivity index (χ0) is 21.5. The molecule has 0 radical (unpaired) electrons. The van der Waals surface area contributed by atoms with E-state index in [2.05, 4.69) is 5.32 Å². The van der Waals surface area contributed by atoms with Gasteiger partial charge in [-0.25, -0.2) is 0 Å². The third kappa shape index (κ3) is 5.12. The van der Waals surface area contributed by atoms with Gasteiger partial charge < -0.3 is 19.7 Å². The first kappa shape index (κ1) is 21.7. The number of methoxy groups -OCH3 is 2. The molecule has 6 heteroatoms. The average molecular weight is 411 g/mol. The lowest BCUT2D eigenvalue weighted by molar-refractivity contribution is -0.126. The molecule has 1 aliphatic rings. The molecule has 1 N–H and O–H groups in total. The molecule has 0 spiro atoms. The minimum atomic E-state index is -0.0451. The fourth-order valence-corrected chi connectivity index (χ4v) is 3.84. The van der Waals surface area contributed by atoms with Gasteiger partial charge in [0.1, 0.15) is 0 Å². The van der Waals surface area contributed by atoms with Crippen LogP contribution in [-0.4, -0.2) is 50.6 Å². The third-order valence-electron chi connectivity index (χ3n) is 5.69. The molecule has 6 nitrogen and oxygen atoms in total. The van der Waals surface area contributed by atoms with E-state index in [1.807, 2.05) is 54.3 Å². The SMILES string of the molecule is COc1ccc(CCNC(=O)C2CCN(C(=O)c3ccccc3C)CC2)cc1OC. The highest BCUT2D eigenvalue weighted by atomic mass is 16.5. The zero-order valence-corrected chi connectivity index (χ0v) is 17.9. The van der Waals surface area contributed by atoms with Crippen LogP contribution >= 0.6 is 0 Å². The van der Waals surface area contributed by atoms with Gasteiger partial charge in [-0.2, -0.15) is 0 Å². The van der Waals surface area contributed by atoms with Gasteiger partial charge in [0.25, 0.3) is 5.91 Å². The first-order valence-corrected chi connectivity index (χ1v) is 10.4. The van der Waals surface area contributed by atoms with Crippen LogP contribution in [0.25, 0.3) is 0 Å². The van der Waals surface area contributed by atoms with Gasteiger partial charge in [0.05, 0.1) is 14.2 Å². The maximum absolute atomic E-state index is 12.7. The first-order chi connectivity index (χ1) is 14.5. The van der Waals surface area contributed by atoms with Crippen molar-refractivity contribution in [1.82, 2.24) is 10.2 Å².